The predicted molar refractivity (Wildman–Crippen MR) is 60.5 cm³/mol. The monoisotopic (exact) mass is 230 g/mol. The highest BCUT2D eigenvalue weighted by atomic mass is 16.2. The molecule has 0 spiro atoms. The normalized spacial score (nSPS) is 9.88. The summed E-state index contributed by atoms with van der Waals surface area (Å²) in [6.07, 6.45) is 3.79. The van der Waals surface area contributed by atoms with Gasteiger partial charge in [-0.05, 0) is 18.2 Å². The van der Waals surface area contributed by atoms with Crippen LogP contribution in [0.2, 0.25) is 0 Å². The van der Waals surface area contributed by atoms with E-state index in [4.69, 9.17) is 0 Å². The second-order valence-corrected chi connectivity index (χ2v) is 3.32. The van der Waals surface area contributed by atoms with Crippen molar-refractivity contribution in [3.05, 3.63) is 42.4 Å². The highest BCUT2D eigenvalue weighted by Gasteiger charge is 2.05. The van der Waals surface area contributed by atoms with Gasteiger partial charge in [0.2, 0.25) is 5.91 Å². The molecule has 0 atom stereocenters. The Hall–Kier alpha value is -2.50. The molecule has 0 saturated heterocycles. The van der Waals surface area contributed by atoms with Crippen molar-refractivity contribution in [2.75, 3.05) is 5.32 Å². The number of anilines is 1. The number of carbonyl (C=O) groups excluding carboxylic acids is 2. The molecule has 1 N–H and O–H groups in total. The van der Waals surface area contributed by atoms with E-state index < -0.39 is 0 Å². The van der Waals surface area contributed by atoms with E-state index >= 15 is 0 Å². The molecular weight excluding hydrogens is 220 g/mol. The van der Waals surface area contributed by atoms with Crippen LogP contribution in [-0.2, 0) is 11.3 Å². The van der Waals surface area contributed by atoms with Crippen molar-refractivity contribution >= 4 is 18.0 Å². The molecule has 2 aromatic rings. The third-order valence-electron chi connectivity index (χ3n) is 2.02. The number of carbonyl (C=O) groups is 2. The quantitative estimate of drug-likeness (QED) is 0.785. The fraction of sp³-hybridized carbons (Fsp3) is 0.0909. The Morgan fingerprint density at radius 3 is 2.94 bits per heavy atom. The molecule has 1 amide bonds. The predicted octanol–water partition coefficient (Wildman–Crippen LogP) is 0.729. The number of rotatable bonds is 4. The van der Waals surface area contributed by atoms with Gasteiger partial charge in [-0.15, -0.1) is 0 Å². The number of hydrogen-bond acceptors (Lipinski definition) is 4. The van der Waals surface area contributed by atoms with E-state index in [-0.39, 0.29) is 12.5 Å². The third kappa shape index (κ3) is 2.97. The van der Waals surface area contributed by atoms with Gasteiger partial charge in [0.15, 0.2) is 6.29 Å². The van der Waals surface area contributed by atoms with Gasteiger partial charge in [0, 0.05) is 12.4 Å². The molecule has 0 aliphatic heterocycles. The van der Waals surface area contributed by atoms with Gasteiger partial charge >= 0.3 is 0 Å². The lowest BCUT2D eigenvalue weighted by Gasteiger charge is -2.03. The number of aldehydes is 1. The first kappa shape index (κ1) is 11.0. The average Bonchev–Trinajstić information content (AvgIpc) is 2.78. The summed E-state index contributed by atoms with van der Waals surface area (Å²) in [6.45, 7) is 0.0460. The van der Waals surface area contributed by atoms with E-state index in [1.807, 2.05) is 0 Å². The first-order valence-electron chi connectivity index (χ1n) is 4.97. The smallest absolute Gasteiger partial charge is 0.247 e. The molecule has 2 heterocycles. The van der Waals surface area contributed by atoms with Gasteiger partial charge in [0.25, 0.3) is 0 Å². The van der Waals surface area contributed by atoms with Gasteiger partial charge in [0.05, 0.1) is 0 Å². The van der Waals surface area contributed by atoms with Crippen LogP contribution in [-0.4, -0.2) is 27.0 Å². The Balaban J connectivity index is 1.95. The van der Waals surface area contributed by atoms with E-state index in [1.165, 1.54) is 4.68 Å². The summed E-state index contributed by atoms with van der Waals surface area (Å²) in [5, 5.41) is 6.50. The van der Waals surface area contributed by atoms with Crippen LogP contribution in [0.25, 0.3) is 0 Å². The van der Waals surface area contributed by atoms with E-state index in [0.29, 0.717) is 17.8 Å². The highest BCUT2D eigenvalue weighted by molar-refractivity contribution is 5.89. The van der Waals surface area contributed by atoms with E-state index in [9.17, 15) is 9.59 Å². The number of pyridine rings is 1. The van der Waals surface area contributed by atoms with Gasteiger partial charge in [-0.1, -0.05) is 6.07 Å². The fourth-order valence-electron chi connectivity index (χ4n) is 1.29. The van der Waals surface area contributed by atoms with Gasteiger partial charge < -0.3 is 5.32 Å². The molecule has 0 aliphatic carbocycles. The van der Waals surface area contributed by atoms with Gasteiger partial charge in [-0.3, -0.25) is 14.3 Å². The zero-order chi connectivity index (χ0) is 12.1. The van der Waals surface area contributed by atoms with Crippen molar-refractivity contribution in [2.45, 2.75) is 6.54 Å². The van der Waals surface area contributed by atoms with Crippen LogP contribution >= 0.6 is 0 Å². The molecule has 2 aromatic heterocycles. The van der Waals surface area contributed by atoms with Crippen molar-refractivity contribution < 1.29 is 9.59 Å². The molecule has 6 heteroatoms. The van der Waals surface area contributed by atoms with Crippen molar-refractivity contribution in [2.24, 2.45) is 0 Å². The summed E-state index contributed by atoms with van der Waals surface area (Å²) in [5.41, 5.74) is 0.302. The van der Waals surface area contributed by atoms with Crippen LogP contribution in [0.15, 0.2) is 36.7 Å². The zero-order valence-electron chi connectivity index (χ0n) is 8.91. The first-order valence-corrected chi connectivity index (χ1v) is 4.97. The Morgan fingerprint density at radius 1 is 1.41 bits per heavy atom. The summed E-state index contributed by atoms with van der Waals surface area (Å²) >= 11 is 0. The fourth-order valence-corrected chi connectivity index (χ4v) is 1.29. The molecule has 0 bridgehead atoms. The summed E-state index contributed by atoms with van der Waals surface area (Å²) in [6, 6.07) is 6.78. The second-order valence-electron chi connectivity index (χ2n) is 3.32. The van der Waals surface area contributed by atoms with E-state index in [0.717, 1.165) is 0 Å². The Bertz CT molecular complexity index is 521. The van der Waals surface area contributed by atoms with Crippen LogP contribution in [0.4, 0.5) is 5.82 Å². The summed E-state index contributed by atoms with van der Waals surface area (Å²) < 4.78 is 1.39. The number of amides is 1. The maximum Gasteiger partial charge on any atom is 0.247 e. The molecule has 0 unspecified atom stereocenters. The van der Waals surface area contributed by atoms with E-state index in [1.54, 1.807) is 36.7 Å². The molecule has 86 valence electrons. The Kier molecular flexibility index (Phi) is 3.25. The van der Waals surface area contributed by atoms with Gasteiger partial charge in [0.1, 0.15) is 18.1 Å². The number of hydrogen-bond donors (Lipinski definition) is 1. The van der Waals surface area contributed by atoms with Crippen LogP contribution in [0.5, 0.6) is 0 Å². The molecule has 0 aromatic carbocycles. The second kappa shape index (κ2) is 5.02. The number of aromatic nitrogens is 3. The third-order valence-corrected chi connectivity index (χ3v) is 2.02. The van der Waals surface area contributed by atoms with Gasteiger partial charge in [-0.25, -0.2) is 4.98 Å². The lowest BCUT2D eigenvalue weighted by Crippen LogP contribution is -2.19. The lowest BCUT2D eigenvalue weighted by atomic mass is 10.4. The number of nitrogens with one attached hydrogen (secondary N) is 1. The molecular formula is C11H10N4O2. The van der Waals surface area contributed by atoms with Gasteiger partial charge in [-0.2, -0.15) is 5.10 Å². The minimum Gasteiger partial charge on any atom is -0.309 e. The summed E-state index contributed by atoms with van der Waals surface area (Å²) in [4.78, 5) is 26.0. The largest absolute Gasteiger partial charge is 0.309 e. The average molecular weight is 230 g/mol. The Morgan fingerprint density at radius 2 is 2.29 bits per heavy atom. The molecule has 2 rings (SSSR count). The minimum atomic E-state index is -0.246. The van der Waals surface area contributed by atoms with Crippen molar-refractivity contribution in [1.29, 1.82) is 0 Å². The summed E-state index contributed by atoms with van der Waals surface area (Å²) in [7, 11) is 0. The minimum absolute atomic E-state index is 0.0460. The molecule has 0 saturated carbocycles. The molecule has 0 fully saturated rings. The van der Waals surface area contributed by atoms with Crippen LogP contribution in [0, 0.1) is 0 Å². The lowest BCUT2D eigenvalue weighted by molar-refractivity contribution is -0.116. The van der Waals surface area contributed by atoms with Crippen LogP contribution < -0.4 is 5.32 Å². The SMILES string of the molecule is O=Cc1ccn(CC(=O)Nc2ccccn2)n1. The van der Waals surface area contributed by atoms with Crippen molar-refractivity contribution in [3.8, 4) is 0 Å². The van der Waals surface area contributed by atoms with E-state index in [2.05, 4.69) is 15.4 Å². The molecule has 0 aliphatic rings. The topological polar surface area (TPSA) is 76.9 Å². The van der Waals surface area contributed by atoms with Crippen LogP contribution in [0.1, 0.15) is 10.5 Å². The Labute approximate surface area is 97.3 Å². The maximum absolute atomic E-state index is 11.6. The van der Waals surface area contributed by atoms with Crippen LogP contribution in [0.3, 0.4) is 0 Å². The van der Waals surface area contributed by atoms with Crippen molar-refractivity contribution in [3.63, 3.8) is 0 Å². The number of nitrogens with zero attached hydrogens (tertiary/aromatic N) is 3. The highest BCUT2D eigenvalue weighted by Crippen LogP contribution is 2.00. The maximum atomic E-state index is 11.6. The molecule has 0 radical (unpaired) electrons. The zero-order valence-corrected chi connectivity index (χ0v) is 8.91. The molecule has 6 nitrogen and oxygen atoms in total. The molecule has 17 heavy (non-hydrogen) atoms. The van der Waals surface area contributed by atoms with Crippen molar-refractivity contribution in [1.82, 2.24) is 14.8 Å². The standard InChI is InChI=1S/C11H10N4O2/c16-8-9-4-6-15(14-9)7-11(17)13-10-3-1-2-5-12-10/h1-6,8H,7H2,(H,12,13,17). The first-order chi connectivity index (χ1) is 8.28. The summed E-state index contributed by atoms with van der Waals surface area (Å²) in [5.74, 6) is 0.240.